The van der Waals surface area contributed by atoms with Gasteiger partial charge in [0.25, 0.3) is 5.69 Å². The molecule has 0 N–H and O–H groups in total. The number of esters is 1. The van der Waals surface area contributed by atoms with Gasteiger partial charge < -0.3 is 9.64 Å². The van der Waals surface area contributed by atoms with Crippen LogP contribution in [0.1, 0.15) is 40.0 Å². The van der Waals surface area contributed by atoms with Gasteiger partial charge in [0.2, 0.25) is 0 Å². The number of carbonyl (C=O) groups excluding carboxylic acids is 1. The zero-order chi connectivity index (χ0) is 22.1. The Kier molecular flexibility index (Phi) is 6.59. The van der Waals surface area contributed by atoms with Crippen LogP contribution in [0.25, 0.3) is 0 Å². The van der Waals surface area contributed by atoms with E-state index in [1.54, 1.807) is 4.90 Å². The molecular weight excluding hydrogens is 396 g/mol. The van der Waals surface area contributed by atoms with E-state index in [1.807, 2.05) is 20.8 Å². The fraction of sp³-hybridized carbons (Fsp3) is 0.667. The van der Waals surface area contributed by atoms with Crippen molar-refractivity contribution in [2.24, 2.45) is 5.92 Å². The van der Waals surface area contributed by atoms with Crippen LogP contribution in [-0.4, -0.2) is 59.8 Å². The van der Waals surface area contributed by atoms with Crippen molar-refractivity contribution in [3.05, 3.63) is 34.1 Å². The molecule has 0 bridgehead atoms. The summed E-state index contributed by atoms with van der Waals surface area (Å²) in [6.45, 7) is 7.28. The van der Waals surface area contributed by atoms with Gasteiger partial charge in [0.1, 0.15) is 11.8 Å². The standard InChI is InChI=1S/C21H29F2N3O4/c1-21(2,3)30-20(27)14-6-9-24(10-7-14)19-8-11-25(13-17(19)23)18-5-4-15(26(28)29)12-16(18)22/h4-5,12,14,17,19H,6-11,13H2,1-3H3. The molecule has 3 rings (SSSR count). The van der Waals surface area contributed by atoms with E-state index in [-0.39, 0.29) is 35.8 Å². The van der Waals surface area contributed by atoms with Gasteiger partial charge in [-0.2, -0.15) is 0 Å². The first-order valence-electron chi connectivity index (χ1n) is 10.3. The van der Waals surface area contributed by atoms with Crippen LogP contribution in [0.3, 0.4) is 0 Å². The number of nitro benzene ring substituents is 1. The summed E-state index contributed by atoms with van der Waals surface area (Å²) in [6, 6.07) is 3.17. The summed E-state index contributed by atoms with van der Waals surface area (Å²) in [5.74, 6) is -1.07. The first-order chi connectivity index (χ1) is 14.0. The molecule has 0 saturated carbocycles. The maximum atomic E-state index is 15.0. The van der Waals surface area contributed by atoms with Gasteiger partial charge in [-0.15, -0.1) is 0 Å². The molecule has 0 amide bonds. The highest BCUT2D eigenvalue weighted by molar-refractivity contribution is 5.73. The minimum atomic E-state index is -1.17. The van der Waals surface area contributed by atoms with E-state index in [2.05, 4.69) is 4.90 Å². The summed E-state index contributed by atoms with van der Waals surface area (Å²) in [7, 11) is 0. The molecule has 0 aliphatic carbocycles. The normalized spacial score (nSPS) is 24.0. The number of anilines is 1. The summed E-state index contributed by atoms with van der Waals surface area (Å²) in [5, 5.41) is 10.8. The molecule has 2 saturated heterocycles. The Hall–Kier alpha value is -2.29. The number of rotatable bonds is 4. The fourth-order valence-electron chi connectivity index (χ4n) is 4.24. The van der Waals surface area contributed by atoms with Crippen molar-refractivity contribution in [2.75, 3.05) is 31.1 Å². The smallest absolute Gasteiger partial charge is 0.309 e. The molecule has 2 aliphatic heterocycles. The molecule has 0 spiro atoms. The summed E-state index contributed by atoms with van der Waals surface area (Å²) in [5.41, 5.74) is -0.653. The third-order valence-corrected chi connectivity index (χ3v) is 5.73. The highest BCUT2D eigenvalue weighted by atomic mass is 19.1. The number of hydrogen-bond acceptors (Lipinski definition) is 6. The average molecular weight is 425 g/mol. The Labute approximate surface area is 175 Å². The quantitative estimate of drug-likeness (QED) is 0.416. The third kappa shape index (κ3) is 5.24. The molecule has 0 radical (unpaired) electrons. The third-order valence-electron chi connectivity index (χ3n) is 5.73. The van der Waals surface area contributed by atoms with Crippen LogP contribution in [0.15, 0.2) is 18.2 Å². The number of nitrogens with zero attached hydrogens (tertiary/aromatic N) is 3. The second-order valence-electron chi connectivity index (χ2n) is 9.05. The van der Waals surface area contributed by atoms with E-state index in [9.17, 15) is 23.7 Å². The number of carbonyl (C=O) groups is 1. The molecule has 0 aromatic heterocycles. The molecule has 1 aromatic carbocycles. The van der Waals surface area contributed by atoms with Crippen molar-refractivity contribution in [3.63, 3.8) is 0 Å². The first kappa shape index (κ1) is 22.4. The van der Waals surface area contributed by atoms with Crippen LogP contribution >= 0.6 is 0 Å². The van der Waals surface area contributed by atoms with E-state index in [0.717, 1.165) is 6.07 Å². The molecule has 2 fully saturated rings. The second kappa shape index (κ2) is 8.83. The van der Waals surface area contributed by atoms with Gasteiger partial charge >= 0.3 is 5.97 Å². The van der Waals surface area contributed by atoms with Crippen molar-refractivity contribution >= 4 is 17.3 Å². The molecule has 7 nitrogen and oxygen atoms in total. The number of benzene rings is 1. The molecule has 30 heavy (non-hydrogen) atoms. The van der Waals surface area contributed by atoms with Gasteiger partial charge in [0, 0.05) is 18.7 Å². The number of piperidine rings is 2. The van der Waals surface area contributed by atoms with Crippen LogP contribution in [0.2, 0.25) is 0 Å². The van der Waals surface area contributed by atoms with Gasteiger partial charge in [-0.1, -0.05) is 0 Å². The van der Waals surface area contributed by atoms with E-state index in [1.165, 1.54) is 12.1 Å². The van der Waals surface area contributed by atoms with E-state index >= 15 is 0 Å². The van der Waals surface area contributed by atoms with Crippen molar-refractivity contribution in [3.8, 4) is 0 Å². The largest absolute Gasteiger partial charge is 0.460 e. The first-order valence-corrected chi connectivity index (χ1v) is 10.3. The number of halogens is 2. The Morgan fingerprint density at radius 1 is 1.20 bits per heavy atom. The fourth-order valence-corrected chi connectivity index (χ4v) is 4.24. The average Bonchev–Trinajstić information content (AvgIpc) is 2.66. The highest BCUT2D eigenvalue weighted by Crippen LogP contribution is 2.31. The second-order valence-corrected chi connectivity index (χ2v) is 9.05. The molecule has 2 atom stereocenters. The Bertz CT molecular complexity index is 791. The van der Waals surface area contributed by atoms with Crippen molar-refractivity contribution in [2.45, 2.75) is 57.8 Å². The number of non-ortho nitro benzene ring substituents is 1. The number of alkyl halides is 1. The molecule has 166 valence electrons. The molecular formula is C21H29F2N3O4. The minimum absolute atomic E-state index is 0.0331. The number of hydrogen-bond donors (Lipinski definition) is 0. The summed E-state index contributed by atoms with van der Waals surface area (Å²) >= 11 is 0. The zero-order valence-corrected chi connectivity index (χ0v) is 17.6. The number of likely N-dealkylation sites (tertiary alicyclic amines) is 1. The maximum Gasteiger partial charge on any atom is 0.309 e. The lowest BCUT2D eigenvalue weighted by atomic mass is 9.92. The molecule has 1 aromatic rings. The lowest BCUT2D eigenvalue weighted by molar-refractivity contribution is -0.385. The van der Waals surface area contributed by atoms with Gasteiger partial charge in [-0.25, -0.2) is 8.78 Å². The zero-order valence-electron chi connectivity index (χ0n) is 17.6. The van der Waals surface area contributed by atoms with Gasteiger partial charge in [-0.3, -0.25) is 19.8 Å². The SMILES string of the molecule is CC(C)(C)OC(=O)C1CCN(C2CCN(c3ccc([N+](=O)[O-])cc3F)CC2F)CC1. The highest BCUT2D eigenvalue weighted by Gasteiger charge is 2.37. The van der Waals surface area contributed by atoms with Crippen LogP contribution in [0.4, 0.5) is 20.2 Å². The predicted molar refractivity (Wildman–Crippen MR) is 109 cm³/mol. The van der Waals surface area contributed by atoms with Gasteiger partial charge in [-0.05, 0) is 59.2 Å². The van der Waals surface area contributed by atoms with Gasteiger partial charge in [0.15, 0.2) is 5.82 Å². The van der Waals surface area contributed by atoms with Crippen LogP contribution in [0, 0.1) is 21.8 Å². The van der Waals surface area contributed by atoms with Gasteiger partial charge in [0.05, 0.1) is 29.1 Å². The van der Waals surface area contributed by atoms with E-state index in [4.69, 9.17) is 4.74 Å². The molecule has 2 heterocycles. The van der Waals surface area contributed by atoms with Crippen molar-refractivity contribution < 1.29 is 23.2 Å². The van der Waals surface area contributed by atoms with Crippen LogP contribution < -0.4 is 4.90 Å². The van der Waals surface area contributed by atoms with Crippen molar-refractivity contribution in [1.29, 1.82) is 0 Å². The van der Waals surface area contributed by atoms with E-state index < -0.39 is 22.5 Å². The summed E-state index contributed by atoms with van der Waals surface area (Å²) < 4.78 is 34.7. The van der Waals surface area contributed by atoms with Crippen LogP contribution in [-0.2, 0) is 9.53 Å². The topological polar surface area (TPSA) is 75.9 Å². The molecule has 9 heteroatoms. The minimum Gasteiger partial charge on any atom is -0.460 e. The lowest BCUT2D eigenvalue weighted by Gasteiger charge is -2.43. The molecule has 2 aliphatic rings. The molecule has 2 unspecified atom stereocenters. The summed E-state index contributed by atoms with van der Waals surface area (Å²) in [4.78, 5) is 26.1. The Balaban J connectivity index is 1.55. The number of ether oxygens (including phenoxy) is 1. The monoisotopic (exact) mass is 425 g/mol. The van der Waals surface area contributed by atoms with Crippen LogP contribution in [0.5, 0.6) is 0 Å². The summed E-state index contributed by atoms with van der Waals surface area (Å²) in [6.07, 6.45) is 0.623. The lowest BCUT2D eigenvalue weighted by Crippen LogP contribution is -2.55. The maximum absolute atomic E-state index is 15.0. The van der Waals surface area contributed by atoms with Crippen molar-refractivity contribution in [1.82, 2.24) is 4.90 Å². The Morgan fingerprint density at radius 3 is 2.40 bits per heavy atom. The Morgan fingerprint density at radius 2 is 1.87 bits per heavy atom. The number of nitro groups is 1. The predicted octanol–water partition coefficient (Wildman–Crippen LogP) is 3.70. The van der Waals surface area contributed by atoms with E-state index in [0.29, 0.717) is 38.9 Å².